The van der Waals surface area contributed by atoms with Crippen LogP contribution in [0.3, 0.4) is 0 Å². The van der Waals surface area contributed by atoms with Crippen molar-refractivity contribution in [3.05, 3.63) is 0 Å². The molecule has 2 aliphatic rings. The molecule has 2 heteroatoms. The number of aliphatic hydroxyl groups is 1. The summed E-state index contributed by atoms with van der Waals surface area (Å²) in [6.07, 6.45) is 6.31. The summed E-state index contributed by atoms with van der Waals surface area (Å²) >= 11 is 0. The molecule has 0 aromatic heterocycles. The average molecular weight is 367 g/mol. The molecule has 2 nitrogen and oxygen atoms in total. The van der Waals surface area contributed by atoms with Crippen molar-refractivity contribution in [2.75, 3.05) is 7.11 Å². The van der Waals surface area contributed by atoms with E-state index in [0.717, 1.165) is 24.2 Å². The number of hydrogen-bond acceptors (Lipinski definition) is 2. The molecule has 1 N–H and O–H groups in total. The summed E-state index contributed by atoms with van der Waals surface area (Å²) in [5.41, 5.74) is 0.506. The van der Waals surface area contributed by atoms with Gasteiger partial charge < -0.3 is 9.84 Å². The van der Waals surface area contributed by atoms with Crippen molar-refractivity contribution in [3.8, 4) is 0 Å². The SMILES string of the molecule is COC1CC(C)C(CC2CC(C(C)(C)C)C(O)CC2C)CC1C(C)(C)C. The predicted octanol–water partition coefficient (Wildman–Crippen LogP) is 6.17. The van der Waals surface area contributed by atoms with Crippen LogP contribution in [0.25, 0.3) is 0 Å². The molecule has 0 amide bonds. The highest BCUT2D eigenvalue weighted by molar-refractivity contribution is 4.94. The van der Waals surface area contributed by atoms with Crippen LogP contribution < -0.4 is 0 Å². The van der Waals surface area contributed by atoms with Crippen molar-refractivity contribution < 1.29 is 9.84 Å². The average Bonchev–Trinajstić information content (AvgIpc) is 2.48. The van der Waals surface area contributed by atoms with E-state index in [4.69, 9.17) is 4.74 Å². The Labute approximate surface area is 163 Å². The summed E-state index contributed by atoms with van der Waals surface area (Å²) in [5.74, 6) is 4.03. The van der Waals surface area contributed by atoms with Crippen LogP contribution in [0.1, 0.15) is 87.5 Å². The van der Waals surface area contributed by atoms with Gasteiger partial charge in [-0.2, -0.15) is 0 Å². The van der Waals surface area contributed by atoms with Crippen molar-refractivity contribution >= 4 is 0 Å². The third kappa shape index (κ3) is 5.04. The first-order chi connectivity index (χ1) is 11.8. The van der Waals surface area contributed by atoms with Crippen molar-refractivity contribution in [1.82, 2.24) is 0 Å². The van der Waals surface area contributed by atoms with Crippen LogP contribution in [0, 0.1) is 46.3 Å². The number of rotatable bonds is 3. The zero-order valence-corrected chi connectivity index (χ0v) is 19.0. The minimum Gasteiger partial charge on any atom is -0.393 e. The maximum Gasteiger partial charge on any atom is 0.0607 e. The van der Waals surface area contributed by atoms with Crippen LogP contribution in [0.5, 0.6) is 0 Å². The molecule has 0 spiro atoms. The van der Waals surface area contributed by atoms with E-state index < -0.39 is 0 Å². The van der Waals surface area contributed by atoms with E-state index in [2.05, 4.69) is 55.4 Å². The monoisotopic (exact) mass is 366 g/mol. The molecule has 2 fully saturated rings. The zero-order chi connectivity index (χ0) is 19.9. The van der Waals surface area contributed by atoms with E-state index in [0.29, 0.717) is 29.3 Å². The Morgan fingerprint density at radius 2 is 1.23 bits per heavy atom. The maximum atomic E-state index is 10.6. The van der Waals surface area contributed by atoms with Gasteiger partial charge >= 0.3 is 0 Å². The predicted molar refractivity (Wildman–Crippen MR) is 111 cm³/mol. The van der Waals surface area contributed by atoms with Crippen molar-refractivity contribution in [1.29, 1.82) is 0 Å². The third-order valence-electron chi connectivity index (χ3n) is 7.99. The molecule has 8 atom stereocenters. The molecule has 0 aromatic rings. The van der Waals surface area contributed by atoms with Crippen LogP contribution in [0.15, 0.2) is 0 Å². The number of methoxy groups -OCH3 is 1. The van der Waals surface area contributed by atoms with Gasteiger partial charge in [0.05, 0.1) is 12.2 Å². The first kappa shape index (κ1) is 22.2. The lowest BCUT2D eigenvalue weighted by molar-refractivity contribution is -0.0700. The highest BCUT2D eigenvalue weighted by Crippen LogP contribution is 2.50. The van der Waals surface area contributed by atoms with Gasteiger partial charge in [-0.25, -0.2) is 0 Å². The van der Waals surface area contributed by atoms with Gasteiger partial charge in [-0.1, -0.05) is 55.4 Å². The molecule has 2 aliphatic carbocycles. The largest absolute Gasteiger partial charge is 0.393 e. The van der Waals surface area contributed by atoms with Gasteiger partial charge in [0.15, 0.2) is 0 Å². The molecule has 154 valence electrons. The fourth-order valence-electron chi connectivity index (χ4n) is 6.03. The molecule has 0 radical (unpaired) electrons. The van der Waals surface area contributed by atoms with Gasteiger partial charge in [0.25, 0.3) is 0 Å². The normalized spacial score (nSPS) is 42.7. The number of ether oxygens (including phenoxy) is 1. The third-order valence-corrected chi connectivity index (χ3v) is 7.99. The molecule has 2 saturated carbocycles. The van der Waals surface area contributed by atoms with Crippen LogP contribution >= 0.6 is 0 Å². The molecule has 0 saturated heterocycles. The van der Waals surface area contributed by atoms with Crippen molar-refractivity contribution in [3.63, 3.8) is 0 Å². The molecular weight excluding hydrogens is 320 g/mol. The fourth-order valence-corrected chi connectivity index (χ4v) is 6.03. The Bertz CT molecular complexity index is 444. The Morgan fingerprint density at radius 1 is 0.769 bits per heavy atom. The van der Waals surface area contributed by atoms with Crippen molar-refractivity contribution in [2.45, 2.75) is 99.7 Å². The summed E-state index contributed by atoms with van der Waals surface area (Å²) < 4.78 is 5.90. The molecular formula is C24H46O2. The summed E-state index contributed by atoms with van der Waals surface area (Å²) in [6, 6.07) is 0. The van der Waals surface area contributed by atoms with Gasteiger partial charge in [-0.05, 0) is 78.4 Å². The van der Waals surface area contributed by atoms with Gasteiger partial charge in [-0.3, -0.25) is 0 Å². The standard InChI is InChI=1S/C24H46O2/c1-15-10-21(25)19(23(3,4)5)13-17(15)12-18-14-20(24(6,7)8)22(26-9)11-16(18)2/h15-22,25H,10-14H2,1-9H3. The topological polar surface area (TPSA) is 29.5 Å². The van der Waals surface area contributed by atoms with E-state index in [-0.39, 0.29) is 11.5 Å². The van der Waals surface area contributed by atoms with Gasteiger partial charge in [-0.15, -0.1) is 0 Å². The minimum absolute atomic E-state index is 0.120. The summed E-state index contributed by atoms with van der Waals surface area (Å²) in [4.78, 5) is 0. The molecule has 2 rings (SSSR count). The van der Waals surface area contributed by atoms with E-state index >= 15 is 0 Å². The Morgan fingerprint density at radius 3 is 1.69 bits per heavy atom. The quantitative estimate of drug-likeness (QED) is 0.647. The lowest BCUT2D eigenvalue weighted by atomic mass is 9.59. The van der Waals surface area contributed by atoms with Crippen LogP contribution in [0.4, 0.5) is 0 Å². The Kier molecular flexibility index (Phi) is 6.93. The highest BCUT2D eigenvalue weighted by atomic mass is 16.5. The number of hydrogen-bond donors (Lipinski definition) is 1. The lowest BCUT2D eigenvalue weighted by Crippen LogP contribution is -2.44. The van der Waals surface area contributed by atoms with Gasteiger partial charge in [0.2, 0.25) is 0 Å². The van der Waals surface area contributed by atoms with Gasteiger partial charge in [0.1, 0.15) is 0 Å². The second-order valence-electron chi connectivity index (χ2n) is 11.9. The summed E-state index contributed by atoms with van der Waals surface area (Å²) in [6.45, 7) is 18.9. The van der Waals surface area contributed by atoms with Crippen LogP contribution in [0.2, 0.25) is 0 Å². The van der Waals surface area contributed by atoms with Crippen LogP contribution in [-0.4, -0.2) is 24.4 Å². The molecule has 0 heterocycles. The van der Waals surface area contributed by atoms with E-state index in [1.54, 1.807) is 0 Å². The van der Waals surface area contributed by atoms with E-state index in [1.807, 2.05) is 7.11 Å². The lowest BCUT2D eigenvalue weighted by Gasteiger charge is -2.49. The van der Waals surface area contributed by atoms with Gasteiger partial charge in [0, 0.05) is 7.11 Å². The van der Waals surface area contributed by atoms with Crippen LogP contribution in [-0.2, 0) is 4.74 Å². The maximum absolute atomic E-state index is 10.6. The number of aliphatic hydroxyl groups excluding tert-OH is 1. The Hall–Kier alpha value is -0.0800. The minimum atomic E-state index is -0.120. The highest BCUT2D eigenvalue weighted by Gasteiger charge is 2.44. The molecule has 26 heavy (non-hydrogen) atoms. The molecule has 0 aliphatic heterocycles. The second kappa shape index (κ2) is 8.11. The molecule has 8 unspecified atom stereocenters. The molecule has 0 aromatic carbocycles. The fraction of sp³-hybridized carbons (Fsp3) is 1.00. The van der Waals surface area contributed by atoms with Crippen molar-refractivity contribution in [2.24, 2.45) is 46.3 Å². The zero-order valence-electron chi connectivity index (χ0n) is 19.0. The van der Waals surface area contributed by atoms with E-state index in [1.165, 1.54) is 25.7 Å². The summed E-state index contributed by atoms with van der Waals surface area (Å²) in [5, 5.41) is 10.6. The smallest absolute Gasteiger partial charge is 0.0607 e. The second-order valence-corrected chi connectivity index (χ2v) is 11.9. The molecule has 0 bridgehead atoms. The summed E-state index contributed by atoms with van der Waals surface area (Å²) in [7, 11) is 1.90. The first-order valence-electron chi connectivity index (χ1n) is 11.1. The van der Waals surface area contributed by atoms with E-state index in [9.17, 15) is 5.11 Å². The first-order valence-corrected chi connectivity index (χ1v) is 11.1. The Balaban J connectivity index is 2.10.